The van der Waals surface area contributed by atoms with Crippen LogP contribution < -0.4 is 0 Å². The van der Waals surface area contributed by atoms with Crippen LogP contribution in [0.5, 0.6) is 0 Å². The first kappa shape index (κ1) is 27.1. The van der Waals surface area contributed by atoms with Gasteiger partial charge in [-0.15, -0.1) is 0 Å². The van der Waals surface area contributed by atoms with Gasteiger partial charge in [0.15, 0.2) is 0 Å². The van der Waals surface area contributed by atoms with E-state index in [1.54, 1.807) is 21.9 Å². The van der Waals surface area contributed by atoms with Crippen molar-refractivity contribution >= 4 is 33.5 Å². The van der Waals surface area contributed by atoms with E-state index in [9.17, 15) is 14.0 Å². The fourth-order valence-electron chi connectivity index (χ4n) is 5.12. The van der Waals surface area contributed by atoms with Crippen LogP contribution >= 0.6 is 0 Å². The number of hydrogen-bond acceptors (Lipinski definition) is 2. The smallest absolute Gasteiger partial charge is 0.254 e. The Morgan fingerprint density at radius 3 is 2.35 bits per heavy atom. The molecule has 0 unspecified atom stereocenters. The number of fused-ring (bicyclic) bond motifs is 2. The lowest BCUT2D eigenvalue weighted by Crippen LogP contribution is -2.44. The van der Waals surface area contributed by atoms with Crippen LogP contribution in [0.3, 0.4) is 0 Å². The van der Waals surface area contributed by atoms with E-state index in [2.05, 4.69) is 11.1 Å². The summed E-state index contributed by atoms with van der Waals surface area (Å²) < 4.78 is 13.6. The Balaban J connectivity index is 1.38. The second-order valence-corrected chi connectivity index (χ2v) is 10.7. The quantitative estimate of drug-likeness (QED) is 0.213. The number of rotatable bonds is 10. The van der Waals surface area contributed by atoms with E-state index >= 15 is 0 Å². The fraction of sp³-hybridized carbons (Fsp3) is 0.235. The van der Waals surface area contributed by atoms with Crippen LogP contribution in [0.1, 0.15) is 35.3 Å². The maximum Gasteiger partial charge on any atom is 0.254 e. The van der Waals surface area contributed by atoms with E-state index in [1.807, 2.05) is 80.7 Å². The monoisotopic (exact) mass is 535 g/mol. The molecule has 0 aliphatic rings. The standard InChI is InChI=1S/C34H34FN3O2/c1-24(2)21-38(34(40)28-14-13-26-7-3-4-8-27(26)19-28)23-33(39)37(22-25-11-15-30(35)16-12-25)18-17-29-20-36-32-10-6-5-9-31(29)32/h3-16,19-20,24,36H,17-18,21-23H2,1-2H3. The zero-order chi connectivity index (χ0) is 28.1. The topological polar surface area (TPSA) is 56.4 Å². The van der Waals surface area contributed by atoms with Crippen molar-refractivity contribution in [3.8, 4) is 0 Å². The van der Waals surface area contributed by atoms with Crippen LogP contribution in [0.2, 0.25) is 0 Å². The predicted octanol–water partition coefficient (Wildman–Crippen LogP) is 6.83. The van der Waals surface area contributed by atoms with Gasteiger partial charge in [0.25, 0.3) is 5.91 Å². The highest BCUT2D eigenvalue weighted by atomic mass is 19.1. The molecule has 1 N–H and O–H groups in total. The number of nitrogens with zero attached hydrogens (tertiary/aromatic N) is 2. The van der Waals surface area contributed by atoms with Gasteiger partial charge in [0.2, 0.25) is 5.91 Å². The summed E-state index contributed by atoms with van der Waals surface area (Å²) >= 11 is 0. The maximum atomic E-state index is 13.8. The molecule has 0 aliphatic heterocycles. The number of halogens is 1. The lowest BCUT2D eigenvalue weighted by Gasteiger charge is -2.29. The zero-order valence-corrected chi connectivity index (χ0v) is 22.9. The number of nitrogens with one attached hydrogen (secondary N) is 1. The Kier molecular flexibility index (Phi) is 8.25. The molecule has 1 aromatic heterocycles. The SMILES string of the molecule is CC(C)CN(CC(=O)N(CCc1c[nH]c2ccccc12)Cc1ccc(F)cc1)C(=O)c1ccc2ccccc2c1. The number of hydrogen-bond donors (Lipinski definition) is 1. The first-order valence-electron chi connectivity index (χ1n) is 13.7. The molecular weight excluding hydrogens is 501 g/mol. The first-order valence-corrected chi connectivity index (χ1v) is 13.7. The molecule has 5 rings (SSSR count). The molecule has 5 aromatic rings. The minimum Gasteiger partial charge on any atom is -0.361 e. The van der Waals surface area contributed by atoms with Crippen LogP contribution in [0.4, 0.5) is 4.39 Å². The maximum absolute atomic E-state index is 13.8. The van der Waals surface area contributed by atoms with Gasteiger partial charge in [0.1, 0.15) is 12.4 Å². The number of amides is 2. The van der Waals surface area contributed by atoms with Crippen molar-refractivity contribution in [2.45, 2.75) is 26.8 Å². The normalized spacial score (nSPS) is 11.3. The van der Waals surface area contributed by atoms with Crippen LogP contribution in [0.25, 0.3) is 21.7 Å². The minimum absolute atomic E-state index is 0.0288. The van der Waals surface area contributed by atoms with E-state index in [4.69, 9.17) is 0 Å². The number of para-hydroxylation sites is 1. The summed E-state index contributed by atoms with van der Waals surface area (Å²) in [5.74, 6) is -0.427. The lowest BCUT2D eigenvalue weighted by atomic mass is 10.1. The highest BCUT2D eigenvalue weighted by molar-refractivity contribution is 6.00. The van der Waals surface area contributed by atoms with Gasteiger partial charge >= 0.3 is 0 Å². The second kappa shape index (κ2) is 12.2. The fourth-order valence-corrected chi connectivity index (χ4v) is 5.12. The molecule has 2 amide bonds. The highest BCUT2D eigenvalue weighted by Gasteiger charge is 2.24. The van der Waals surface area contributed by atoms with E-state index in [1.165, 1.54) is 12.1 Å². The van der Waals surface area contributed by atoms with Gasteiger partial charge in [-0.25, -0.2) is 4.39 Å². The molecule has 5 nitrogen and oxygen atoms in total. The van der Waals surface area contributed by atoms with E-state index in [-0.39, 0.29) is 30.1 Å². The van der Waals surface area contributed by atoms with Crippen LogP contribution in [-0.4, -0.2) is 46.2 Å². The van der Waals surface area contributed by atoms with Gasteiger partial charge in [0.05, 0.1) is 0 Å². The number of aromatic nitrogens is 1. The van der Waals surface area contributed by atoms with E-state index < -0.39 is 0 Å². The van der Waals surface area contributed by atoms with Gasteiger partial charge < -0.3 is 14.8 Å². The molecule has 40 heavy (non-hydrogen) atoms. The first-order chi connectivity index (χ1) is 19.4. The van der Waals surface area contributed by atoms with E-state index in [0.717, 1.165) is 32.8 Å². The van der Waals surface area contributed by atoms with Gasteiger partial charge in [-0.2, -0.15) is 0 Å². The molecule has 0 bridgehead atoms. The van der Waals surface area contributed by atoms with Crippen LogP contribution in [0, 0.1) is 11.7 Å². The van der Waals surface area contributed by atoms with Crippen LogP contribution in [-0.2, 0) is 17.8 Å². The average molecular weight is 536 g/mol. The molecule has 0 radical (unpaired) electrons. The molecule has 0 spiro atoms. The van der Waals surface area contributed by atoms with Crippen molar-refractivity contribution in [2.75, 3.05) is 19.6 Å². The molecule has 0 saturated heterocycles. The molecule has 1 heterocycles. The Bertz CT molecular complexity index is 1620. The number of carbonyl (C=O) groups excluding carboxylic acids is 2. The van der Waals surface area contributed by atoms with Gasteiger partial charge in [-0.3, -0.25) is 9.59 Å². The third-order valence-corrected chi connectivity index (χ3v) is 7.16. The number of aromatic amines is 1. The van der Waals surface area contributed by atoms with Gasteiger partial charge in [-0.1, -0.05) is 74.5 Å². The number of H-pyrrole nitrogens is 1. The number of carbonyl (C=O) groups is 2. The largest absolute Gasteiger partial charge is 0.361 e. The predicted molar refractivity (Wildman–Crippen MR) is 159 cm³/mol. The van der Waals surface area contributed by atoms with Crippen molar-refractivity contribution in [2.24, 2.45) is 5.92 Å². The summed E-state index contributed by atoms with van der Waals surface area (Å²) in [6.07, 6.45) is 2.64. The Labute approximate surface area is 234 Å². The van der Waals surface area contributed by atoms with Crippen LogP contribution in [0.15, 0.2) is 97.2 Å². The van der Waals surface area contributed by atoms with Gasteiger partial charge in [-0.05, 0) is 64.6 Å². The molecule has 4 aromatic carbocycles. The summed E-state index contributed by atoms with van der Waals surface area (Å²) in [4.78, 5) is 34.2. The molecule has 0 fully saturated rings. The third kappa shape index (κ3) is 6.40. The highest BCUT2D eigenvalue weighted by Crippen LogP contribution is 2.20. The van der Waals surface area contributed by atoms with E-state index in [0.29, 0.717) is 31.6 Å². The molecule has 0 atom stereocenters. The Hall–Kier alpha value is -4.45. The summed E-state index contributed by atoms with van der Waals surface area (Å²) in [7, 11) is 0. The van der Waals surface area contributed by atoms with Crippen molar-refractivity contribution in [1.82, 2.24) is 14.8 Å². The summed E-state index contributed by atoms with van der Waals surface area (Å²) in [6, 6.07) is 27.9. The van der Waals surface area contributed by atoms with Crippen molar-refractivity contribution < 1.29 is 14.0 Å². The van der Waals surface area contributed by atoms with Gasteiger partial charge in [0, 0.05) is 42.3 Å². The van der Waals surface area contributed by atoms with Crippen molar-refractivity contribution in [3.05, 3.63) is 120 Å². The lowest BCUT2D eigenvalue weighted by molar-refractivity contribution is -0.132. The molecule has 204 valence electrons. The molecule has 0 aliphatic carbocycles. The summed E-state index contributed by atoms with van der Waals surface area (Å²) in [6.45, 7) is 5.32. The average Bonchev–Trinajstić information content (AvgIpc) is 3.38. The molecule has 6 heteroatoms. The van der Waals surface area contributed by atoms with Crippen molar-refractivity contribution in [1.29, 1.82) is 0 Å². The van der Waals surface area contributed by atoms with Crippen molar-refractivity contribution in [3.63, 3.8) is 0 Å². The molecule has 0 saturated carbocycles. The third-order valence-electron chi connectivity index (χ3n) is 7.16. The second-order valence-electron chi connectivity index (χ2n) is 10.7. The summed E-state index contributed by atoms with van der Waals surface area (Å²) in [5.41, 5.74) is 3.58. The zero-order valence-electron chi connectivity index (χ0n) is 22.9. The minimum atomic E-state index is -0.315. The Morgan fingerprint density at radius 1 is 0.850 bits per heavy atom. The summed E-state index contributed by atoms with van der Waals surface area (Å²) in [5, 5.41) is 3.18. The number of benzene rings is 4. The Morgan fingerprint density at radius 2 is 1.57 bits per heavy atom. The molecular formula is C34H34FN3O2.